The molecule has 0 saturated carbocycles. The molecule has 4 nitrogen and oxygen atoms in total. The lowest BCUT2D eigenvalue weighted by molar-refractivity contribution is -0.124. The van der Waals surface area contributed by atoms with Gasteiger partial charge in [0, 0.05) is 5.56 Å². The fraction of sp³-hybridized carbons (Fsp3) is 0.286. The third-order valence-electron chi connectivity index (χ3n) is 3.34. The molecule has 0 saturated heterocycles. The van der Waals surface area contributed by atoms with Crippen LogP contribution in [0, 0.1) is 5.82 Å². The molecule has 3 rings (SSSR count). The molecule has 2 aromatic rings. The van der Waals surface area contributed by atoms with Crippen LogP contribution in [0.2, 0.25) is 0 Å². The Morgan fingerprint density at radius 2 is 2.00 bits per heavy atom. The maximum Gasteiger partial charge on any atom is 0.240 e. The number of imidazole rings is 1. The lowest BCUT2D eigenvalue weighted by atomic mass is 10.0. The van der Waals surface area contributed by atoms with Crippen molar-refractivity contribution < 1.29 is 9.18 Å². The largest absolute Gasteiger partial charge is 0.342 e. The summed E-state index contributed by atoms with van der Waals surface area (Å²) < 4.78 is 15.6. The monoisotopic (exact) mass is 337 g/mol. The second kappa shape index (κ2) is 4.41. The number of carbonyl (C=O) groups excluding carboxylic acids is 1. The van der Waals surface area contributed by atoms with Gasteiger partial charge in [0.05, 0.1) is 5.54 Å². The Balaban J connectivity index is 2.16. The van der Waals surface area contributed by atoms with Gasteiger partial charge in [-0.15, -0.1) is 0 Å². The Labute approximate surface area is 124 Å². The highest BCUT2D eigenvalue weighted by Crippen LogP contribution is 2.34. The topological polar surface area (TPSA) is 46.9 Å². The first-order valence-corrected chi connectivity index (χ1v) is 7.01. The van der Waals surface area contributed by atoms with Crippen molar-refractivity contribution in [1.29, 1.82) is 0 Å². The molecule has 2 heterocycles. The first-order chi connectivity index (χ1) is 9.38. The molecule has 20 heavy (non-hydrogen) atoms. The lowest BCUT2D eigenvalue weighted by Crippen LogP contribution is -2.49. The molecule has 0 radical (unpaired) electrons. The minimum absolute atomic E-state index is 0.0498. The number of nitrogens with one attached hydrogen (secondary N) is 1. The van der Waals surface area contributed by atoms with E-state index < -0.39 is 5.54 Å². The van der Waals surface area contributed by atoms with Crippen molar-refractivity contribution in [2.45, 2.75) is 25.9 Å². The number of rotatable bonds is 1. The minimum Gasteiger partial charge on any atom is -0.342 e. The molecule has 0 unspecified atom stereocenters. The molecule has 0 atom stereocenters. The van der Waals surface area contributed by atoms with Crippen LogP contribution in [0.15, 0.2) is 28.9 Å². The second-order valence-corrected chi connectivity index (χ2v) is 6.09. The fourth-order valence-corrected chi connectivity index (χ4v) is 3.04. The van der Waals surface area contributed by atoms with Gasteiger partial charge in [0.1, 0.15) is 28.5 Å². The van der Waals surface area contributed by atoms with Gasteiger partial charge in [-0.1, -0.05) is 0 Å². The van der Waals surface area contributed by atoms with Gasteiger partial charge in [-0.05, 0) is 54.0 Å². The second-order valence-electron chi connectivity index (χ2n) is 5.34. The number of amides is 1. The van der Waals surface area contributed by atoms with Crippen molar-refractivity contribution >= 4 is 21.8 Å². The van der Waals surface area contributed by atoms with Gasteiger partial charge in [-0.25, -0.2) is 9.37 Å². The predicted molar refractivity (Wildman–Crippen MR) is 76.5 cm³/mol. The standard InChI is InChI=1S/C14H13BrFN3O/c1-14(2)13-17-11(8-3-5-9(16)6-4-8)12(15)19(13)7-10(20)18-14/h3-6H,7H2,1-2H3,(H,18,20). The summed E-state index contributed by atoms with van der Waals surface area (Å²) in [6.07, 6.45) is 0. The third-order valence-corrected chi connectivity index (χ3v) is 4.14. The molecular formula is C14H13BrFN3O. The maximum atomic E-state index is 13.0. The number of fused-ring (bicyclic) bond motifs is 1. The fourth-order valence-electron chi connectivity index (χ4n) is 2.43. The molecule has 1 aromatic carbocycles. The van der Waals surface area contributed by atoms with Gasteiger partial charge in [0.15, 0.2) is 0 Å². The van der Waals surface area contributed by atoms with Gasteiger partial charge in [-0.3, -0.25) is 4.79 Å². The van der Waals surface area contributed by atoms with Gasteiger partial charge in [0.25, 0.3) is 0 Å². The zero-order chi connectivity index (χ0) is 14.5. The Kier molecular flexibility index (Phi) is 2.93. The van der Waals surface area contributed by atoms with E-state index >= 15 is 0 Å². The van der Waals surface area contributed by atoms with Crippen molar-refractivity contribution in [3.8, 4) is 11.3 Å². The molecule has 6 heteroatoms. The Morgan fingerprint density at radius 1 is 1.35 bits per heavy atom. The first kappa shape index (κ1) is 13.3. The van der Waals surface area contributed by atoms with E-state index in [9.17, 15) is 9.18 Å². The number of nitrogens with zero attached hydrogens (tertiary/aromatic N) is 2. The highest BCUT2D eigenvalue weighted by atomic mass is 79.9. The maximum absolute atomic E-state index is 13.0. The number of aromatic nitrogens is 2. The molecule has 0 spiro atoms. The Morgan fingerprint density at radius 3 is 2.65 bits per heavy atom. The summed E-state index contributed by atoms with van der Waals surface area (Å²) in [5, 5.41) is 2.91. The molecule has 0 fully saturated rings. The van der Waals surface area contributed by atoms with Gasteiger partial charge >= 0.3 is 0 Å². The van der Waals surface area contributed by atoms with E-state index in [1.807, 2.05) is 18.4 Å². The average Bonchev–Trinajstić information content (AvgIpc) is 2.68. The third kappa shape index (κ3) is 2.04. The quantitative estimate of drug-likeness (QED) is 0.869. The van der Waals surface area contributed by atoms with E-state index in [0.717, 1.165) is 16.0 Å². The molecule has 1 aliphatic rings. The summed E-state index contributed by atoms with van der Waals surface area (Å²) in [6.45, 7) is 4.04. The Bertz CT molecular complexity index is 691. The van der Waals surface area contributed by atoms with Gasteiger partial charge in [0.2, 0.25) is 5.91 Å². The number of benzene rings is 1. The van der Waals surface area contributed by atoms with E-state index in [-0.39, 0.29) is 18.3 Å². The molecule has 1 aromatic heterocycles. The van der Waals surface area contributed by atoms with Crippen molar-refractivity contribution in [1.82, 2.24) is 14.9 Å². The summed E-state index contributed by atoms with van der Waals surface area (Å²) in [6, 6.07) is 6.15. The number of hydrogen-bond donors (Lipinski definition) is 1. The van der Waals surface area contributed by atoms with Crippen LogP contribution < -0.4 is 5.32 Å². The molecule has 104 valence electrons. The normalized spacial score (nSPS) is 16.7. The summed E-state index contributed by atoms with van der Waals surface area (Å²) >= 11 is 3.50. The van der Waals surface area contributed by atoms with Gasteiger partial charge in [-0.2, -0.15) is 0 Å². The van der Waals surface area contributed by atoms with Crippen LogP contribution in [-0.4, -0.2) is 15.5 Å². The van der Waals surface area contributed by atoms with Crippen molar-refractivity contribution in [3.05, 3.63) is 40.5 Å². The van der Waals surface area contributed by atoms with E-state index in [2.05, 4.69) is 26.2 Å². The van der Waals surface area contributed by atoms with Crippen LogP contribution in [-0.2, 0) is 16.9 Å². The smallest absolute Gasteiger partial charge is 0.240 e. The molecule has 0 aliphatic carbocycles. The summed E-state index contributed by atoms with van der Waals surface area (Å²) in [5.74, 6) is 0.445. The van der Waals surface area contributed by atoms with E-state index in [4.69, 9.17) is 0 Å². The van der Waals surface area contributed by atoms with Crippen LogP contribution in [0.5, 0.6) is 0 Å². The van der Waals surface area contributed by atoms with Crippen LogP contribution in [0.3, 0.4) is 0 Å². The minimum atomic E-state index is -0.532. The summed E-state index contributed by atoms with van der Waals surface area (Å²) in [4.78, 5) is 16.4. The molecule has 0 bridgehead atoms. The van der Waals surface area contributed by atoms with Crippen LogP contribution in [0.1, 0.15) is 19.7 Å². The van der Waals surface area contributed by atoms with Crippen LogP contribution in [0.25, 0.3) is 11.3 Å². The number of halogens is 2. The number of carbonyl (C=O) groups is 1. The van der Waals surface area contributed by atoms with E-state index in [1.54, 1.807) is 12.1 Å². The van der Waals surface area contributed by atoms with E-state index in [1.165, 1.54) is 12.1 Å². The summed E-state index contributed by atoms with van der Waals surface area (Å²) in [7, 11) is 0. The highest BCUT2D eigenvalue weighted by molar-refractivity contribution is 9.10. The molecule has 1 aliphatic heterocycles. The molecule has 1 amide bonds. The van der Waals surface area contributed by atoms with Crippen molar-refractivity contribution in [2.75, 3.05) is 0 Å². The number of hydrogen-bond acceptors (Lipinski definition) is 2. The predicted octanol–water partition coefficient (Wildman–Crippen LogP) is 2.82. The van der Waals surface area contributed by atoms with E-state index in [0.29, 0.717) is 5.69 Å². The molecule has 1 N–H and O–H groups in total. The average molecular weight is 338 g/mol. The Hall–Kier alpha value is -1.69. The highest BCUT2D eigenvalue weighted by Gasteiger charge is 2.35. The zero-order valence-electron chi connectivity index (χ0n) is 11.1. The van der Waals surface area contributed by atoms with Crippen molar-refractivity contribution in [3.63, 3.8) is 0 Å². The zero-order valence-corrected chi connectivity index (χ0v) is 12.7. The lowest BCUT2D eigenvalue weighted by Gasteiger charge is -2.31. The van der Waals surface area contributed by atoms with Crippen LogP contribution in [0.4, 0.5) is 4.39 Å². The first-order valence-electron chi connectivity index (χ1n) is 6.22. The van der Waals surface area contributed by atoms with Gasteiger partial charge < -0.3 is 9.88 Å². The van der Waals surface area contributed by atoms with Crippen molar-refractivity contribution in [2.24, 2.45) is 0 Å². The SMILES string of the molecule is CC1(C)NC(=O)Cn2c1nc(-c1ccc(F)cc1)c2Br. The molecular weight excluding hydrogens is 325 g/mol. The van der Waals surface area contributed by atoms with Crippen LogP contribution >= 0.6 is 15.9 Å². The summed E-state index contributed by atoms with van der Waals surface area (Å²) in [5.41, 5.74) is 0.990.